The van der Waals surface area contributed by atoms with Crippen LogP contribution in [0.5, 0.6) is 0 Å². The van der Waals surface area contributed by atoms with E-state index in [1.807, 2.05) is 11.3 Å². The molecule has 0 aliphatic heterocycles. The molecule has 2 rings (SSSR count). The first kappa shape index (κ1) is 15.2. The van der Waals surface area contributed by atoms with Crippen LogP contribution in [0.25, 0.3) is 0 Å². The predicted molar refractivity (Wildman–Crippen MR) is 85.7 cm³/mol. The van der Waals surface area contributed by atoms with Gasteiger partial charge in [0, 0.05) is 24.5 Å². The van der Waals surface area contributed by atoms with Crippen LogP contribution < -0.4 is 5.32 Å². The van der Waals surface area contributed by atoms with E-state index in [-0.39, 0.29) is 0 Å². The van der Waals surface area contributed by atoms with Crippen molar-refractivity contribution in [2.75, 3.05) is 13.1 Å². The minimum Gasteiger partial charge on any atom is -0.311 e. The highest BCUT2D eigenvalue weighted by Crippen LogP contribution is 2.13. The first-order chi connectivity index (χ1) is 9.81. The SMILES string of the molecule is CCNCc1cccc(CN(CC)Cc2cccs2)n1. The van der Waals surface area contributed by atoms with E-state index in [0.717, 1.165) is 44.1 Å². The molecule has 0 atom stereocenters. The van der Waals surface area contributed by atoms with Gasteiger partial charge >= 0.3 is 0 Å². The van der Waals surface area contributed by atoms with Crippen LogP contribution in [0.3, 0.4) is 0 Å². The van der Waals surface area contributed by atoms with Crippen molar-refractivity contribution < 1.29 is 0 Å². The molecule has 0 spiro atoms. The van der Waals surface area contributed by atoms with Crippen molar-refractivity contribution in [1.29, 1.82) is 0 Å². The standard InChI is InChI=1S/C16H23N3S/c1-3-17-11-14-7-5-8-15(18-14)12-19(4-2)13-16-9-6-10-20-16/h5-10,17H,3-4,11-13H2,1-2H3. The summed E-state index contributed by atoms with van der Waals surface area (Å²) < 4.78 is 0. The number of hydrogen-bond acceptors (Lipinski definition) is 4. The summed E-state index contributed by atoms with van der Waals surface area (Å²) in [7, 11) is 0. The highest BCUT2D eigenvalue weighted by atomic mass is 32.1. The lowest BCUT2D eigenvalue weighted by atomic mass is 10.2. The van der Waals surface area contributed by atoms with Crippen LogP contribution in [0, 0.1) is 0 Å². The molecule has 0 fully saturated rings. The van der Waals surface area contributed by atoms with Crippen LogP contribution in [0.1, 0.15) is 30.1 Å². The van der Waals surface area contributed by atoms with Crippen LogP contribution in [0.2, 0.25) is 0 Å². The van der Waals surface area contributed by atoms with Crippen LogP contribution in [0.15, 0.2) is 35.7 Å². The molecule has 1 N–H and O–H groups in total. The molecule has 2 aromatic rings. The van der Waals surface area contributed by atoms with Crippen molar-refractivity contribution in [2.24, 2.45) is 0 Å². The normalized spacial score (nSPS) is 11.2. The fourth-order valence-electron chi connectivity index (χ4n) is 2.10. The van der Waals surface area contributed by atoms with Gasteiger partial charge in [-0.15, -0.1) is 11.3 Å². The molecular formula is C16H23N3S. The van der Waals surface area contributed by atoms with Gasteiger partial charge in [0.1, 0.15) is 0 Å². The monoisotopic (exact) mass is 289 g/mol. The second kappa shape index (κ2) is 8.15. The second-order valence-corrected chi connectivity index (χ2v) is 5.82. The van der Waals surface area contributed by atoms with Gasteiger partial charge in [0.15, 0.2) is 0 Å². The van der Waals surface area contributed by atoms with Crippen molar-refractivity contribution in [2.45, 2.75) is 33.5 Å². The lowest BCUT2D eigenvalue weighted by Gasteiger charge is -2.19. The van der Waals surface area contributed by atoms with E-state index in [2.05, 4.69) is 59.8 Å². The topological polar surface area (TPSA) is 28.2 Å². The van der Waals surface area contributed by atoms with Gasteiger partial charge in [0.25, 0.3) is 0 Å². The maximum absolute atomic E-state index is 4.73. The number of thiophene rings is 1. The fraction of sp³-hybridized carbons (Fsp3) is 0.438. The summed E-state index contributed by atoms with van der Waals surface area (Å²) in [5.74, 6) is 0. The smallest absolute Gasteiger partial charge is 0.0548 e. The minimum absolute atomic E-state index is 0.849. The van der Waals surface area contributed by atoms with Crippen LogP contribution >= 0.6 is 11.3 Å². The molecular weight excluding hydrogens is 266 g/mol. The summed E-state index contributed by atoms with van der Waals surface area (Å²) in [6, 6.07) is 10.6. The molecule has 2 heterocycles. The van der Waals surface area contributed by atoms with E-state index in [1.165, 1.54) is 4.88 Å². The first-order valence-electron chi connectivity index (χ1n) is 7.22. The Morgan fingerprint density at radius 1 is 1.10 bits per heavy atom. The molecule has 3 nitrogen and oxygen atoms in total. The number of nitrogens with zero attached hydrogens (tertiary/aromatic N) is 2. The van der Waals surface area contributed by atoms with E-state index < -0.39 is 0 Å². The number of rotatable bonds is 8. The lowest BCUT2D eigenvalue weighted by Crippen LogP contribution is -2.23. The lowest BCUT2D eigenvalue weighted by molar-refractivity contribution is 0.270. The zero-order valence-corrected chi connectivity index (χ0v) is 13.1. The van der Waals surface area contributed by atoms with Crippen molar-refractivity contribution >= 4 is 11.3 Å². The second-order valence-electron chi connectivity index (χ2n) is 4.78. The minimum atomic E-state index is 0.849. The molecule has 4 heteroatoms. The largest absolute Gasteiger partial charge is 0.311 e. The van der Waals surface area contributed by atoms with Crippen molar-refractivity contribution in [1.82, 2.24) is 15.2 Å². The summed E-state index contributed by atoms with van der Waals surface area (Å²) >= 11 is 1.82. The van der Waals surface area contributed by atoms with Gasteiger partial charge in [-0.2, -0.15) is 0 Å². The van der Waals surface area contributed by atoms with E-state index in [1.54, 1.807) is 0 Å². The van der Waals surface area contributed by atoms with E-state index in [9.17, 15) is 0 Å². The molecule has 0 radical (unpaired) electrons. The molecule has 108 valence electrons. The Morgan fingerprint density at radius 2 is 1.95 bits per heavy atom. The van der Waals surface area contributed by atoms with Gasteiger partial charge in [0.05, 0.1) is 11.4 Å². The Hall–Kier alpha value is -1.23. The molecule has 0 saturated heterocycles. The number of hydrogen-bond donors (Lipinski definition) is 1. The van der Waals surface area contributed by atoms with Gasteiger partial charge in [-0.1, -0.05) is 26.0 Å². The predicted octanol–water partition coefficient (Wildman–Crippen LogP) is 3.27. The maximum atomic E-state index is 4.73. The summed E-state index contributed by atoms with van der Waals surface area (Å²) in [5, 5.41) is 5.46. The Bertz CT molecular complexity index is 496. The Labute approximate surface area is 125 Å². The third kappa shape index (κ3) is 4.71. The third-order valence-electron chi connectivity index (χ3n) is 3.21. The van der Waals surface area contributed by atoms with Gasteiger partial charge in [-0.05, 0) is 36.7 Å². The quantitative estimate of drug-likeness (QED) is 0.808. The molecule has 20 heavy (non-hydrogen) atoms. The van der Waals surface area contributed by atoms with Crippen molar-refractivity contribution in [3.8, 4) is 0 Å². The van der Waals surface area contributed by atoms with Gasteiger partial charge in [-0.25, -0.2) is 0 Å². The number of pyridine rings is 1. The molecule has 2 aromatic heterocycles. The van der Waals surface area contributed by atoms with Crippen molar-refractivity contribution in [3.05, 3.63) is 52.0 Å². The molecule has 0 aliphatic rings. The third-order valence-corrected chi connectivity index (χ3v) is 4.07. The number of nitrogens with one attached hydrogen (secondary N) is 1. The Morgan fingerprint density at radius 3 is 2.65 bits per heavy atom. The first-order valence-corrected chi connectivity index (χ1v) is 8.10. The van der Waals surface area contributed by atoms with Crippen LogP contribution in [-0.4, -0.2) is 23.0 Å². The van der Waals surface area contributed by atoms with E-state index in [4.69, 9.17) is 4.98 Å². The zero-order chi connectivity index (χ0) is 14.2. The summed E-state index contributed by atoms with van der Waals surface area (Å²) in [6.45, 7) is 9.10. The Kier molecular flexibility index (Phi) is 6.18. The average Bonchev–Trinajstić information content (AvgIpc) is 2.98. The molecule has 0 saturated carbocycles. The van der Waals surface area contributed by atoms with Crippen LogP contribution in [-0.2, 0) is 19.6 Å². The molecule has 0 amide bonds. The van der Waals surface area contributed by atoms with Crippen molar-refractivity contribution in [3.63, 3.8) is 0 Å². The van der Waals surface area contributed by atoms with Crippen LogP contribution in [0.4, 0.5) is 0 Å². The molecule has 0 aliphatic carbocycles. The summed E-state index contributed by atoms with van der Waals surface area (Å²) in [5.41, 5.74) is 2.27. The van der Waals surface area contributed by atoms with Gasteiger partial charge in [0.2, 0.25) is 0 Å². The molecule has 0 aromatic carbocycles. The average molecular weight is 289 g/mol. The van der Waals surface area contributed by atoms with Gasteiger partial charge < -0.3 is 5.32 Å². The highest BCUT2D eigenvalue weighted by molar-refractivity contribution is 7.09. The molecule has 0 bridgehead atoms. The van der Waals surface area contributed by atoms with E-state index in [0.29, 0.717) is 0 Å². The zero-order valence-electron chi connectivity index (χ0n) is 12.3. The van der Waals surface area contributed by atoms with Gasteiger partial charge in [-0.3, -0.25) is 9.88 Å². The van der Waals surface area contributed by atoms with E-state index >= 15 is 0 Å². The highest BCUT2D eigenvalue weighted by Gasteiger charge is 2.07. The summed E-state index contributed by atoms with van der Waals surface area (Å²) in [4.78, 5) is 8.56. The Balaban J connectivity index is 1.96. The summed E-state index contributed by atoms with van der Waals surface area (Å²) in [6.07, 6.45) is 0. The fourth-order valence-corrected chi connectivity index (χ4v) is 2.85. The molecule has 0 unspecified atom stereocenters. The number of aromatic nitrogens is 1. The maximum Gasteiger partial charge on any atom is 0.0548 e.